The molecule has 86 valence electrons. The maximum atomic E-state index is 11.3. The SMILES string of the molecule is O=C(O)COCCC(=O)Nc1ccccc1. The van der Waals surface area contributed by atoms with Gasteiger partial charge in [0.05, 0.1) is 13.0 Å². The lowest BCUT2D eigenvalue weighted by Gasteiger charge is -2.04. The summed E-state index contributed by atoms with van der Waals surface area (Å²) >= 11 is 0. The average molecular weight is 223 g/mol. The number of hydrogen-bond donors (Lipinski definition) is 2. The zero-order valence-corrected chi connectivity index (χ0v) is 8.68. The second-order valence-electron chi connectivity index (χ2n) is 3.11. The van der Waals surface area contributed by atoms with Crippen molar-refractivity contribution in [3.05, 3.63) is 30.3 Å². The number of rotatable bonds is 6. The lowest BCUT2D eigenvalue weighted by Crippen LogP contribution is -2.16. The molecule has 5 nitrogen and oxygen atoms in total. The fraction of sp³-hybridized carbons (Fsp3) is 0.273. The van der Waals surface area contributed by atoms with E-state index >= 15 is 0 Å². The molecule has 16 heavy (non-hydrogen) atoms. The first-order chi connectivity index (χ1) is 7.68. The number of carboxylic acid groups (broad SMARTS) is 1. The van der Waals surface area contributed by atoms with Crippen LogP contribution in [0.15, 0.2) is 30.3 Å². The standard InChI is InChI=1S/C11H13NO4/c13-10(6-7-16-8-11(14)15)12-9-4-2-1-3-5-9/h1-5H,6-8H2,(H,12,13)(H,14,15). The first-order valence-electron chi connectivity index (χ1n) is 4.83. The number of para-hydroxylation sites is 1. The molecular weight excluding hydrogens is 210 g/mol. The fourth-order valence-corrected chi connectivity index (χ4v) is 1.07. The molecule has 0 saturated carbocycles. The molecule has 1 aromatic carbocycles. The van der Waals surface area contributed by atoms with E-state index in [2.05, 4.69) is 5.32 Å². The minimum Gasteiger partial charge on any atom is -0.480 e. The zero-order chi connectivity index (χ0) is 11.8. The number of carboxylic acids is 1. The Labute approximate surface area is 93.0 Å². The van der Waals surface area contributed by atoms with Crippen molar-refractivity contribution in [3.8, 4) is 0 Å². The van der Waals surface area contributed by atoms with E-state index in [4.69, 9.17) is 9.84 Å². The summed E-state index contributed by atoms with van der Waals surface area (Å²) in [7, 11) is 0. The largest absolute Gasteiger partial charge is 0.480 e. The molecule has 0 aliphatic carbocycles. The number of amides is 1. The first-order valence-corrected chi connectivity index (χ1v) is 4.83. The summed E-state index contributed by atoms with van der Waals surface area (Å²) in [5, 5.41) is 11.0. The van der Waals surface area contributed by atoms with Crippen LogP contribution in [0.4, 0.5) is 5.69 Å². The van der Waals surface area contributed by atoms with E-state index in [1.54, 1.807) is 12.1 Å². The van der Waals surface area contributed by atoms with Crippen molar-refractivity contribution in [2.75, 3.05) is 18.5 Å². The highest BCUT2D eigenvalue weighted by Crippen LogP contribution is 2.05. The van der Waals surface area contributed by atoms with Crippen molar-refractivity contribution in [1.29, 1.82) is 0 Å². The lowest BCUT2D eigenvalue weighted by atomic mass is 10.3. The molecule has 1 aromatic rings. The Morgan fingerprint density at radius 2 is 1.94 bits per heavy atom. The van der Waals surface area contributed by atoms with Gasteiger partial charge in [0.2, 0.25) is 5.91 Å². The molecule has 0 aromatic heterocycles. The van der Waals surface area contributed by atoms with E-state index in [1.807, 2.05) is 18.2 Å². The highest BCUT2D eigenvalue weighted by atomic mass is 16.5. The van der Waals surface area contributed by atoms with E-state index in [0.29, 0.717) is 5.69 Å². The predicted octanol–water partition coefficient (Wildman–Crippen LogP) is 1.12. The van der Waals surface area contributed by atoms with Gasteiger partial charge >= 0.3 is 5.97 Å². The molecule has 0 saturated heterocycles. The number of hydrogen-bond acceptors (Lipinski definition) is 3. The highest BCUT2D eigenvalue weighted by Gasteiger charge is 2.02. The summed E-state index contributed by atoms with van der Waals surface area (Å²) in [6.07, 6.45) is 0.141. The fourth-order valence-electron chi connectivity index (χ4n) is 1.07. The van der Waals surface area contributed by atoms with E-state index in [-0.39, 0.29) is 25.5 Å². The molecule has 0 heterocycles. The molecule has 0 bridgehead atoms. The molecule has 1 rings (SSSR count). The molecule has 0 aliphatic heterocycles. The van der Waals surface area contributed by atoms with E-state index in [0.717, 1.165) is 0 Å². The van der Waals surface area contributed by atoms with Gasteiger partial charge in [-0.1, -0.05) is 18.2 Å². The Kier molecular flexibility index (Phi) is 5.01. The second-order valence-corrected chi connectivity index (χ2v) is 3.11. The van der Waals surface area contributed by atoms with Crippen LogP contribution in [0.1, 0.15) is 6.42 Å². The Hall–Kier alpha value is -1.88. The number of anilines is 1. The minimum atomic E-state index is -1.04. The van der Waals surface area contributed by atoms with Crippen molar-refractivity contribution in [3.63, 3.8) is 0 Å². The van der Waals surface area contributed by atoms with Gasteiger partial charge in [-0.3, -0.25) is 4.79 Å². The van der Waals surface area contributed by atoms with Crippen LogP contribution >= 0.6 is 0 Å². The van der Waals surface area contributed by atoms with Crippen molar-refractivity contribution >= 4 is 17.6 Å². The Morgan fingerprint density at radius 1 is 1.25 bits per heavy atom. The number of carbonyl (C=O) groups excluding carboxylic acids is 1. The lowest BCUT2D eigenvalue weighted by molar-refractivity contribution is -0.142. The smallest absolute Gasteiger partial charge is 0.329 e. The number of benzene rings is 1. The van der Waals surface area contributed by atoms with Gasteiger partial charge < -0.3 is 15.2 Å². The molecule has 0 spiro atoms. The van der Waals surface area contributed by atoms with Crippen molar-refractivity contribution < 1.29 is 19.4 Å². The maximum absolute atomic E-state index is 11.3. The second kappa shape index (κ2) is 6.58. The monoisotopic (exact) mass is 223 g/mol. The van der Waals surface area contributed by atoms with E-state index in [9.17, 15) is 9.59 Å². The van der Waals surface area contributed by atoms with Crippen LogP contribution in [0, 0.1) is 0 Å². The van der Waals surface area contributed by atoms with E-state index < -0.39 is 5.97 Å². The van der Waals surface area contributed by atoms with Gasteiger partial charge in [-0.25, -0.2) is 4.79 Å². The summed E-state index contributed by atoms with van der Waals surface area (Å²) in [5.41, 5.74) is 0.714. The van der Waals surface area contributed by atoms with Gasteiger partial charge in [-0.15, -0.1) is 0 Å². The van der Waals surface area contributed by atoms with Crippen LogP contribution in [-0.2, 0) is 14.3 Å². The van der Waals surface area contributed by atoms with Crippen LogP contribution in [0.5, 0.6) is 0 Å². The summed E-state index contributed by atoms with van der Waals surface area (Å²) in [6, 6.07) is 9.03. The average Bonchev–Trinajstić information content (AvgIpc) is 2.25. The molecule has 5 heteroatoms. The number of ether oxygens (including phenoxy) is 1. The first kappa shape index (κ1) is 12.2. The summed E-state index contributed by atoms with van der Waals surface area (Å²) < 4.78 is 4.74. The van der Waals surface area contributed by atoms with Gasteiger partial charge in [0.1, 0.15) is 6.61 Å². The van der Waals surface area contributed by atoms with Crippen LogP contribution in [0.2, 0.25) is 0 Å². The van der Waals surface area contributed by atoms with Crippen LogP contribution in [0.3, 0.4) is 0 Å². The minimum absolute atomic E-state index is 0.102. The van der Waals surface area contributed by atoms with Gasteiger partial charge in [0, 0.05) is 5.69 Å². The zero-order valence-electron chi connectivity index (χ0n) is 8.68. The van der Waals surface area contributed by atoms with Crippen molar-refractivity contribution in [2.45, 2.75) is 6.42 Å². The molecule has 0 atom stereocenters. The quantitative estimate of drug-likeness (QED) is 0.708. The topological polar surface area (TPSA) is 75.6 Å². The van der Waals surface area contributed by atoms with E-state index in [1.165, 1.54) is 0 Å². The Balaban J connectivity index is 2.19. The highest BCUT2D eigenvalue weighted by molar-refractivity contribution is 5.90. The van der Waals surface area contributed by atoms with Crippen LogP contribution < -0.4 is 5.32 Å². The molecule has 0 unspecified atom stereocenters. The van der Waals surface area contributed by atoms with Gasteiger partial charge in [0.25, 0.3) is 0 Å². The molecule has 0 fully saturated rings. The Bertz CT molecular complexity index is 350. The van der Waals surface area contributed by atoms with Crippen LogP contribution in [0.25, 0.3) is 0 Å². The van der Waals surface area contributed by atoms with Crippen molar-refractivity contribution in [2.24, 2.45) is 0 Å². The predicted molar refractivity (Wildman–Crippen MR) is 58.1 cm³/mol. The summed E-state index contributed by atoms with van der Waals surface area (Å²) in [5.74, 6) is -1.24. The molecule has 1 amide bonds. The van der Waals surface area contributed by atoms with Gasteiger partial charge in [0.15, 0.2) is 0 Å². The number of aliphatic carboxylic acids is 1. The third kappa shape index (κ3) is 5.11. The Morgan fingerprint density at radius 3 is 2.56 bits per heavy atom. The molecular formula is C11H13NO4. The number of nitrogens with one attached hydrogen (secondary N) is 1. The molecule has 0 aliphatic rings. The number of carbonyl (C=O) groups is 2. The van der Waals surface area contributed by atoms with Crippen LogP contribution in [-0.4, -0.2) is 30.2 Å². The third-order valence-corrected chi connectivity index (χ3v) is 1.76. The summed E-state index contributed by atoms with van der Waals surface area (Å²) in [4.78, 5) is 21.4. The third-order valence-electron chi connectivity index (χ3n) is 1.76. The normalized spacial score (nSPS) is 9.75. The van der Waals surface area contributed by atoms with Gasteiger partial charge in [-0.05, 0) is 12.1 Å². The summed E-state index contributed by atoms with van der Waals surface area (Å²) in [6.45, 7) is -0.274. The van der Waals surface area contributed by atoms with Crippen molar-refractivity contribution in [1.82, 2.24) is 0 Å². The van der Waals surface area contributed by atoms with Gasteiger partial charge in [-0.2, -0.15) is 0 Å². The molecule has 2 N–H and O–H groups in total. The maximum Gasteiger partial charge on any atom is 0.329 e. The molecule has 0 radical (unpaired) electrons.